The number of benzene rings is 1. The van der Waals surface area contributed by atoms with Gasteiger partial charge in [0.1, 0.15) is 5.82 Å². The van der Waals surface area contributed by atoms with Gasteiger partial charge in [0.2, 0.25) is 0 Å². The molecule has 0 amide bonds. The summed E-state index contributed by atoms with van der Waals surface area (Å²) in [4.78, 5) is 11.3. The molecule has 2 N–H and O–H groups in total. The van der Waals surface area contributed by atoms with Crippen LogP contribution >= 0.6 is 0 Å². The Labute approximate surface area is 92.5 Å². The lowest BCUT2D eigenvalue weighted by Crippen LogP contribution is -2.51. The van der Waals surface area contributed by atoms with Gasteiger partial charge in [0.05, 0.1) is 11.5 Å². The van der Waals surface area contributed by atoms with Crippen LogP contribution in [0.25, 0.3) is 0 Å². The summed E-state index contributed by atoms with van der Waals surface area (Å²) in [6.07, 6.45) is -0.280. The van der Waals surface area contributed by atoms with Gasteiger partial charge in [-0.05, 0) is 43.0 Å². The Morgan fingerprint density at radius 3 is 2.62 bits per heavy atom. The van der Waals surface area contributed by atoms with E-state index in [1.165, 1.54) is 12.1 Å². The highest BCUT2D eigenvalue weighted by molar-refractivity contribution is 5.83. The van der Waals surface area contributed by atoms with Crippen LogP contribution in [0.4, 0.5) is 4.39 Å². The number of aliphatic carboxylic acids is 1. The molecule has 0 bridgehead atoms. The monoisotopic (exact) mass is 224 g/mol. The first kappa shape index (κ1) is 11.1. The molecule has 1 aliphatic carbocycles. The van der Waals surface area contributed by atoms with Gasteiger partial charge in [-0.1, -0.05) is 6.07 Å². The Morgan fingerprint density at radius 2 is 2.12 bits per heavy atom. The molecule has 0 radical (unpaired) electrons. The first-order chi connectivity index (χ1) is 7.45. The number of aliphatic hydroxyl groups excluding tert-OH is 1. The molecule has 1 aromatic rings. The standard InChI is InChI=1S/C12H13FO3/c1-7-2-3-8(13)4-10(7)12(11(15)16)5-9(14)6-12/h2-4,9,14H,5-6H2,1H3,(H,15,16). The third-order valence-electron chi connectivity index (χ3n) is 3.29. The highest BCUT2D eigenvalue weighted by Gasteiger charge is 2.52. The average Bonchev–Trinajstić information content (AvgIpc) is 2.16. The van der Waals surface area contributed by atoms with Crippen LogP contribution in [0, 0.1) is 12.7 Å². The molecule has 1 aromatic carbocycles. The topological polar surface area (TPSA) is 57.5 Å². The lowest BCUT2D eigenvalue weighted by molar-refractivity contribution is -0.153. The van der Waals surface area contributed by atoms with Crippen LogP contribution in [0.3, 0.4) is 0 Å². The maximum absolute atomic E-state index is 13.1. The number of carbonyl (C=O) groups is 1. The van der Waals surface area contributed by atoms with Gasteiger partial charge < -0.3 is 10.2 Å². The van der Waals surface area contributed by atoms with Crippen LogP contribution < -0.4 is 0 Å². The Bertz CT molecular complexity index is 436. The van der Waals surface area contributed by atoms with E-state index in [-0.39, 0.29) is 12.8 Å². The quantitative estimate of drug-likeness (QED) is 0.802. The molecular formula is C12H13FO3. The molecule has 0 aromatic heterocycles. The van der Waals surface area contributed by atoms with Crippen molar-refractivity contribution in [3.8, 4) is 0 Å². The van der Waals surface area contributed by atoms with Crippen molar-refractivity contribution >= 4 is 5.97 Å². The van der Waals surface area contributed by atoms with E-state index in [0.29, 0.717) is 5.56 Å². The van der Waals surface area contributed by atoms with E-state index in [9.17, 15) is 19.4 Å². The highest BCUT2D eigenvalue weighted by atomic mass is 19.1. The van der Waals surface area contributed by atoms with Gasteiger partial charge in [-0.2, -0.15) is 0 Å². The number of aliphatic hydroxyl groups is 1. The molecule has 0 aliphatic heterocycles. The molecule has 0 heterocycles. The fourth-order valence-corrected chi connectivity index (χ4v) is 2.36. The molecule has 3 nitrogen and oxygen atoms in total. The van der Waals surface area contributed by atoms with E-state index in [0.717, 1.165) is 5.56 Å². The number of halogens is 1. The van der Waals surface area contributed by atoms with Crippen molar-refractivity contribution in [3.63, 3.8) is 0 Å². The van der Waals surface area contributed by atoms with Crippen LogP contribution in [0.5, 0.6) is 0 Å². The number of hydrogen-bond donors (Lipinski definition) is 2. The average molecular weight is 224 g/mol. The predicted octanol–water partition coefficient (Wildman–Crippen LogP) is 1.61. The Kier molecular flexibility index (Phi) is 2.46. The smallest absolute Gasteiger partial charge is 0.314 e. The third-order valence-corrected chi connectivity index (χ3v) is 3.29. The van der Waals surface area contributed by atoms with Gasteiger partial charge in [-0.15, -0.1) is 0 Å². The minimum Gasteiger partial charge on any atom is -0.481 e. The predicted molar refractivity (Wildman–Crippen MR) is 55.7 cm³/mol. The molecule has 1 saturated carbocycles. The summed E-state index contributed by atoms with van der Waals surface area (Å²) >= 11 is 0. The number of aryl methyl sites for hydroxylation is 1. The van der Waals surface area contributed by atoms with E-state index in [1.807, 2.05) is 0 Å². The summed E-state index contributed by atoms with van der Waals surface area (Å²) in [5, 5.41) is 18.5. The van der Waals surface area contributed by atoms with Crippen molar-refractivity contribution < 1.29 is 19.4 Å². The summed E-state index contributed by atoms with van der Waals surface area (Å²) in [6.45, 7) is 1.75. The van der Waals surface area contributed by atoms with Crippen molar-refractivity contribution in [2.75, 3.05) is 0 Å². The zero-order chi connectivity index (χ0) is 11.9. The van der Waals surface area contributed by atoms with Crippen molar-refractivity contribution in [2.24, 2.45) is 0 Å². The van der Waals surface area contributed by atoms with Crippen molar-refractivity contribution in [3.05, 3.63) is 35.1 Å². The van der Waals surface area contributed by atoms with Crippen LogP contribution in [-0.2, 0) is 10.2 Å². The molecule has 0 atom stereocenters. The van der Waals surface area contributed by atoms with E-state index in [2.05, 4.69) is 0 Å². The van der Waals surface area contributed by atoms with Crippen LogP contribution in [-0.4, -0.2) is 22.3 Å². The molecule has 1 fully saturated rings. The molecule has 16 heavy (non-hydrogen) atoms. The maximum atomic E-state index is 13.1. The Morgan fingerprint density at radius 1 is 1.50 bits per heavy atom. The number of carboxylic acids is 1. The van der Waals surface area contributed by atoms with E-state index < -0.39 is 23.3 Å². The lowest BCUT2D eigenvalue weighted by Gasteiger charge is -2.42. The molecule has 0 spiro atoms. The largest absolute Gasteiger partial charge is 0.481 e. The maximum Gasteiger partial charge on any atom is 0.314 e. The van der Waals surface area contributed by atoms with Gasteiger partial charge in [0.15, 0.2) is 0 Å². The molecule has 0 unspecified atom stereocenters. The molecule has 4 heteroatoms. The van der Waals surface area contributed by atoms with E-state index >= 15 is 0 Å². The first-order valence-corrected chi connectivity index (χ1v) is 5.14. The first-order valence-electron chi connectivity index (χ1n) is 5.14. The fourth-order valence-electron chi connectivity index (χ4n) is 2.36. The lowest BCUT2D eigenvalue weighted by atomic mass is 9.62. The van der Waals surface area contributed by atoms with Crippen LogP contribution in [0.2, 0.25) is 0 Å². The number of hydrogen-bond acceptors (Lipinski definition) is 2. The minimum absolute atomic E-state index is 0.159. The summed E-state index contributed by atoms with van der Waals surface area (Å²) in [7, 11) is 0. The minimum atomic E-state index is -1.11. The molecule has 86 valence electrons. The number of rotatable bonds is 2. The summed E-state index contributed by atoms with van der Waals surface area (Å²) < 4.78 is 13.1. The summed E-state index contributed by atoms with van der Waals surface area (Å²) in [5.74, 6) is -1.44. The van der Waals surface area contributed by atoms with Gasteiger partial charge in [0, 0.05) is 0 Å². The normalized spacial score (nSPS) is 28.6. The van der Waals surface area contributed by atoms with Crippen molar-refractivity contribution in [2.45, 2.75) is 31.3 Å². The van der Waals surface area contributed by atoms with Gasteiger partial charge >= 0.3 is 5.97 Å². The molecule has 2 rings (SSSR count). The Hall–Kier alpha value is -1.42. The fraction of sp³-hybridized carbons (Fsp3) is 0.417. The summed E-state index contributed by atoms with van der Waals surface area (Å²) in [5.41, 5.74) is 0.118. The van der Waals surface area contributed by atoms with Gasteiger partial charge in [-0.25, -0.2) is 4.39 Å². The highest BCUT2D eigenvalue weighted by Crippen LogP contribution is 2.45. The summed E-state index contributed by atoms with van der Waals surface area (Å²) in [6, 6.07) is 4.14. The van der Waals surface area contributed by atoms with Crippen LogP contribution in [0.1, 0.15) is 24.0 Å². The molecule has 1 aliphatic rings. The van der Waals surface area contributed by atoms with Gasteiger partial charge in [0.25, 0.3) is 0 Å². The zero-order valence-corrected chi connectivity index (χ0v) is 8.90. The van der Waals surface area contributed by atoms with Crippen molar-refractivity contribution in [1.82, 2.24) is 0 Å². The molecule has 0 saturated heterocycles. The van der Waals surface area contributed by atoms with Gasteiger partial charge in [-0.3, -0.25) is 4.79 Å². The van der Waals surface area contributed by atoms with E-state index in [4.69, 9.17) is 0 Å². The van der Waals surface area contributed by atoms with Crippen molar-refractivity contribution in [1.29, 1.82) is 0 Å². The third kappa shape index (κ3) is 1.50. The van der Waals surface area contributed by atoms with Crippen LogP contribution in [0.15, 0.2) is 18.2 Å². The second-order valence-electron chi connectivity index (χ2n) is 4.41. The second kappa shape index (κ2) is 3.56. The zero-order valence-electron chi connectivity index (χ0n) is 8.90. The second-order valence-corrected chi connectivity index (χ2v) is 4.41. The number of carboxylic acid groups (broad SMARTS) is 1. The molecular weight excluding hydrogens is 211 g/mol. The Balaban J connectivity index is 2.48. The van der Waals surface area contributed by atoms with E-state index in [1.54, 1.807) is 13.0 Å². The SMILES string of the molecule is Cc1ccc(F)cc1C1(C(=O)O)CC(O)C1.